The number of urea groups is 1. The van der Waals surface area contributed by atoms with Crippen LogP contribution in [0.1, 0.15) is 46.9 Å². The predicted molar refractivity (Wildman–Crippen MR) is 125 cm³/mol. The van der Waals surface area contributed by atoms with Crippen LogP contribution in [-0.4, -0.2) is 26.4 Å². The number of halogens is 1. The van der Waals surface area contributed by atoms with Crippen LogP contribution < -0.4 is 16.4 Å². The molecule has 0 atom stereocenters. The van der Waals surface area contributed by atoms with Crippen LogP contribution in [0.15, 0.2) is 54.9 Å². The van der Waals surface area contributed by atoms with Gasteiger partial charge in [-0.25, -0.2) is 18.7 Å². The minimum Gasteiger partial charge on any atom is -0.382 e. The average molecular weight is 446 g/mol. The Bertz CT molecular complexity index is 1380. The highest BCUT2D eigenvalue weighted by atomic mass is 19.1. The first kappa shape index (κ1) is 21.9. The number of carbonyl (C=O) groups excluding carboxylic acids is 2. The molecule has 0 aliphatic carbocycles. The maximum Gasteiger partial charge on any atom is 0.323 e. The lowest BCUT2D eigenvalue weighted by atomic mass is 10.0. The zero-order valence-corrected chi connectivity index (χ0v) is 18.4. The van der Waals surface area contributed by atoms with Crippen LogP contribution in [0.25, 0.3) is 5.52 Å². The molecule has 9 heteroatoms. The third-order valence-electron chi connectivity index (χ3n) is 5.28. The number of nitrogens with two attached hydrogens (primary N) is 1. The van der Waals surface area contributed by atoms with E-state index >= 15 is 0 Å². The van der Waals surface area contributed by atoms with E-state index in [9.17, 15) is 14.0 Å². The van der Waals surface area contributed by atoms with E-state index in [-0.39, 0.29) is 17.5 Å². The number of anilines is 3. The van der Waals surface area contributed by atoms with Crippen molar-refractivity contribution in [3.05, 3.63) is 83.1 Å². The Morgan fingerprint density at radius 1 is 1.09 bits per heavy atom. The lowest BCUT2D eigenvalue weighted by Gasteiger charge is -2.11. The number of fused-ring (bicyclic) bond motifs is 1. The van der Waals surface area contributed by atoms with Gasteiger partial charge in [0.15, 0.2) is 11.6 Å². The molecule has 0 saturated heterocycles. The number of hydrogen-bond acceptors (Lipinski definition) is 5. The van der Waals surface area contributed by atoms with Crippen LogP contribution in [0.5, 0.6) is 0 Å². The molecule has 33 heavy (non-hydrogen) atoms. The molecule has 4 aromatic rings. The number of nitrogens with zero attached hydrogens (tertiary/aromatic N) is 3. The Morgan fingerprint density at radius 2 is 1.88 bits per heavy atom. The molecule has 0 spiro atoms. The number of aryl methyl sites for hydroxylation is 1. The number of rotatable bonds is 5. The molecule has 0 unspecified atom stereocenters. The molecular weight excluding hydrogens is 423 g/mol. The van der Waals surface area contributed by atoms with Crippen molar-refractivity contribution in [1.82, 2.24) is 14.6 Å². The first-order valence-electron chi connectivity index (χ1n) is 10.4. The highest BCUT2D eigenvalue weighted by molar-refractivity contribution is 6.15. The Kier molecular flexibility index (Phi) is 5.78. The van der Waals surface area contributed by atoms with E-state index < -0.39 is 11.8 Å². The number of nitrogen functional groups attached to an aromatic ring is 1. The van der Waals surface area contributed by atoms with Crippen molar-refractivity contribution in [2.75, 3.05) is 16.4 Å². The largest absolute Gasteiger partial charge is 0.382 e. The maximum absolute atomic E-state index is 13.5. The number of benzene rings is 2. The molecule has 2 aromatic heterocycles. The van der Waals surface area contributed by atoms with Gasteiger partial charge in [-0.1, -0.05) is 32.0 Å². The number of carbonyl (C=O) groups is 2. The summed E-state index contributed by atoms with van der Waals surface area (Å²) in [6, 6.07) is 11.9. The Labute approximate surface area is 189 Å². The van der Waals surface area contributed by atoms with Crippen molar-refractivity contribution in [2.45, 2.75) is 26.7 Å². The fourth-order valence-corrected chi connectivity index (χ4v) is 3.58. The fourth-order valence-electron chi connectivity index (χ4n) is 3.58. The summed E-state index contributed by atoms with van der Waals surface area (Å²) in [5, 5.41) is 9.54. The molecule has 2 amide bonds. The SMILES string of the molecule is Cc1ccc(F)cc1NC(=O)Nc1cccc(C(=O)c2cc(C(C)C)n3ncnc(N)c23)c1. The third-order valence-corrected chi connectivity index (χ3v) is 5.28. The zero-order chi connectivity index (χ0) is 23.7. The third kappa shape index (κ3) is 4.38. The van der Waals surface area contributed by atoms with Crippen molar-refractivity contribution in [2.24, 2.45) is 0 Å². The summed E-state index contributed by atoms with van der Waals surface area (Å²) in [6.45, 7) is 5.76. The first-order chi connectivity index (χ1) is 15.7. The van der Waals surface area contributed by atoms with Crippen LogP contribution in [0.2, 0.25) is 0 Å². The highest BCUT2D eigenvalue weighted by Crippen LogP contribution is 2.27. The molecule has 0 bridgehead atoms. The molecule has 2 aromatic carbocycles. The van der Waals surface area contributed by atoms with Gasteiger partial charge in [0, 0.05) is 22.6 Å². The van der Waals surface area contributed by atoms with Crippen molar-refractivity contribution in [1.29, 1.82) is 0 Å². The minimum absolute atomic E-state index is 0.108. The second-order valence-electron chi connectivity index (χ2n) is 7.99. The second-order valence-corrected chi connectivity index (χ2v) is 7.99. The number of aromatic nitrogens is 3. The minimum atomic E-state index is -0.553. The Morgan fingerprint density at radius 3 is 2.64 bits per heavy atom. The van der Waals surface area contributed by atoms with E-state index in [0.29, 0.717) is 28.0 Å². The van der Waals surface area contributed by atoms with Gasteiger partial charge in [-0.3, -0.25) is 4.79 Å². The number of hydrogen-bond donors (Lipinski definition) is 3. The van der Waals surface area contributed by atoms with Crippen LogP contribution in [-0.2, 0) is 0 Å². The summed E-state index contributed by atoms with van der Waals surface area (Å²) in [7, 11) is 0. The summed E-state index contributed by atoms with van der Waals surface area (Å²) in [5.41, 5.74) is 9.57. The number of ketones is 1. The van der Waals surface area contributed by atoms with Gasteiger partial charge in [-0.15, -0.1) is 0 Å². The second kappa shape index (κ2) is 8.70. The molecule has 0 aliphatic heterocycles. The molecule has 0 saturated carbocycles. The van der Waals surface area contributed by atoms with Gasteiger partial charge in [0.25, 0.3) is 0 Å². The molecule has 2 heterocycles. The van der Waals surface area contributed by atoms with Gasteiger partial charge < -0.3 is 16.4 Å². The predicted octanol–water partition coefficient (Wildman–Crippen LogP) is 4.76. The summed E-state index contributed by atoms with van der Waals surface area (Å²) in [4.78, 5) is 29.8. The first-order valence-corrected chi connectivity index (χ1v) is 10.4. The van der Waals surface area contributed by atoms with E-state index in [0.717, 1.165) is 11.3 Å². The standard InChI is InChI=1S/C24H23FN6O2/c1-13(2)20-11-18(21-23(26)27-12-28-31(20)21)22(32)15-5-4-6-17(9-15)29-24(33)30-19-10-16(25)8-7-14(19)3/h4-13H,1-3H3,(H2,26,27,28)(H2,29,30,33). The molecule has 4 N–H and O–H groups in total. The van der Waals surface area contributed by atoms with Gasteiger partial charge in [0.05, 0.1) is 5.56 Å². The Hall–Kier alpha value is -4.27. The smallest absolute Gasteiger partial charge is 0.323 e. The maximum atomic E-state index is 13.5. The lowest BCUT2D eigenvalue weighted by Crippen LogP contribution is -2.20. The van der Waals surface area contributed by atoms with E-state index in [1.54, 1.807) is 47.8 Å². The van der Waals surface area contributed by atoms with Crippen molar-refractivity contribution < 1.29 is 14.0 Å². The normalized spacial score (nSPS) is 11.1. The topological polar surface area (TPSA) is 114 Å². The van der Waals surface area contributed by atoms with Crippen LogP contribution in [0, 0.1) is 12.7 Å². The van der Waals surface area contributed by atoms with Gasteiger partial charge in [-0.05, 0) is 48.7 Å². The van der Waals surface area contributed by atoms with Gasteiger partial charge >= 0.3 is 6.03 Å². The van der Waals surface area contributed by atoms with Crippen LogP contribution in [0.3, 0.4) is 0 Å². The van der Waals surface area contributed by atoms with E-state index in [4.69, 9.17) is 5.73 Å². The summed E-state index contributed by atoms with van der Waals surface area (Å²) in [5.74, 6) is -0.408. The monoisotopic (exact) mass is 446 g/mol. The van der Waals surface area contributed by atoms with E-state index in [1.807, 2.05) is 13.8 Å². The summed E-state index contributed by atoms with van der Waals surface area (Å²) < 4.78 is 15.1. The molecule has 4 rings (SSSR count). The molecule has 8 nitrogen and oxygen atoms in total. The molecule has 0 radical (unpaired) electrons. The average Bonchev–Trinajstić information content (AvgIpc) is 3.17. The number of nitrogens with one attached hydrogen (secondary N) is 2. The lowest BCUT2D eigenvalue weighted by molar-refractivity contribution is 0.104. The van der Waals surface area contributed by atoms with E-state index in [1.165, 1.54) is 18.5 Å². The van der Waals surface area contributed by atoms with Gasteiger partial charge in [0.2, 0.25) is 0 Å². The Balaban J connectivity index is 1.61. The van der Waals surface area contributed by atoms with Crippen LogP contribution >= 0.6 is 0 Å². The van der Waals surface area contributed by atoms with E-state index in [2.05, 4.69) is 20.7 Å². The van der Waals surface area contributed by atoms with Gasteiger partial charge in [0.1, 0.15) is 17.7 Å². The van der Waals surface area contributed by atoms with Crippen molar-refractivity contribution in [3.63, 3.8) is 0 Å². The molecule has 168 valence electrons. The van der Waals surface area contributed by atoms with Crippen molar-refractivity contribution in [3.8, 4) is 0 Å². The molecular formula is C24H23FN6O2. The molecule has 0 aliphatic rings. The van der Waals surface area contributed by atoms with Gasteiger partial charge in [-0.2, -0.15) is 5.10 Å². The van der Waals surface area contributed by atoms with Crippen molar-refractivity contribution >= 4 is 34.5 Å². The highest BCUT2D eigenvalue weighted by Gasteiger charge is 2.22. The quantitative estimate of drug-likeness (QED) is 0.383. The fraction of sp³-hybridized carbons (Fsp3) is 0.167. The summed E-state index contributed by atoms with van der Waals surface area (Å²) in [6.07, 6.45) is 1.35. The zero-order valence-electron chi connectivity index (χ0n) is 18.4. The molecule has 0 fully saturated rings. The van der Waals surface area contributed by atoms with Crippen LogP contribution in [0.4, 0.5) is 26.4 Å². The summed E-state index contributed by atoms with van der Waals surface area (Å²) >= 11 is 0. The number of amides is 2.